The third-order valence-electron chi connectivity index (χ3n) is 7.07. The van der Waals surface area contributed by atoms with Crippen LogP contribution in [0.1, 0.15) is 42.4 Å². The number of nitrogens with zero attached hydrogens (tertiary/aromatic N) is 1. The van der Waals surface area contributed by atoms with Gasteiger partial charge in [0.2, 0.25) is 9.92 Å². The molecule has 1 saturated heterocycles. The first-order valence-corrected chi connectivity index (χ1v) is 13.3. The van der Waals surface area contributed by atoms with E-state index in [-0.39, 0.29) is 37.8 Å². The Bertz CT molecular complexity index is 1260. The van der Waals surface area contributed by atoms with Gasteiger partial charge in [0.05, 0.1) is 6.04 Å². The van der Waals surface area contributed by atoms with Crippen LogP contribution in [-0.4, -0.2) is 49.9 Å². The fourth-order valence-corrected chi connectivity index (χ4v) is 5.92. The summed E-state index contributed by atoms with van der Waals surface area (Å²) >= 11 is 0. The molecule has 0 bridgehead atoms. The third-order valence-corrected chi connectivity index (χ3v) is 8.36. The van der Waals surface area contributed by atoms with Crippen molar-refractivity contribution in [2.75, 3.05) is 6.54 Å². The molecule has 1 aliphatic heterocycles. The molecular weight excluding hydrogens is 498 g/mol. The van der Waals surface area contributed by atoms with E-state index in [1.54, 1.807) is 12.1 Å². The van der Waals surface area contributed by atoms with E-state index >= 15 is 4.39 Å². The van der Waals surface area contributed by atoms with E-state index in [1.807, 2.05) is 36.8 Å². The average Bonchev–Trinajstić information content (AvgIpc) is 3.12. The third kappa shape index (κ3) is 5.01. The number of carbonyl (C=O) groups excluding carboxylic acids is 1. The number of carbonyl (C=O) groups is 1. The summed E-state index contributed by atoms with van der Waals surface area (Å²) in [6.45, 7) is 3.77. The number of halogens is 4. The molecule has 1 saturated carbocycles. The van der Waals surface area contributed by atoms with Crippen molar-refractivity contribution in [1.82, 2.24) is 9.62 Å². The second kappa shape index (κ2) is 9.42. The summed E-state index contributed by atoms with van der Waals surface area (Å²) in [4.78, 5) is 14.4. The first kappa shape index (κ1) is 26.6. The summed E-state index contributed by atoms with van der Waals surface area (Å²) in [6, 6.07) is 8.15. The van der Waals surface area contributed by atoms with Crippen LogP contribution >= 0.6 is 0 Å². The normalized spacial score (nSPS) is 23.2. The highest BCUT2D eigenvalue weighted by atomic mass is 32.2. The molecule has 0 spiro atoms. The van der Waals surface area contributed by atoms with Gasteiger partial charge in [-0.25, -0.2) is 18.1 Å². The highest BCUT2D eigenvalue weighted by Gasteiger charge is 2.51. The Hall–Kier alpha value is -2.50. The molecule has 0 radical (unpaired) electrons. The molecule has 36 heavy (non-hydrogen) atoms. The van der Waals surface area contributed by atoms with Gasteiger partial charge in [-0.2, -0.15) is 13.2 Å². The van der Waals surface area contributed by atoms with Gasteiger partial charge in [-0.3, -0.25) is 4.79 Å². The van der Waals surface area contributed by atoms with Crippen LogP contribution in [0.2, 0.25) is 0 Å². The number of benzene rings is 2. The van der Waals surface area contributed by atoms with E-state index in [2.05, 4.69) is 0 Å². The molecule has 6 nitrogen and oxygen atoms in total. The lowest BCUT2D eigenvalue weighted by Gasteiger charge is -2.40. The van der Waals surface area contributed by atoms with E-state index < -0.39 is 44.8 Å². The van der Waals surface area contributed by atoms with Crippen molar-refractivity contribution in [2.45, 2.75) is 69.1 Å². The van der Waals surface area contributed by atoms with Crippen molar-refractivity contribution in [2.24, 2.45) is 0 Å². The lowest BCUT2D eigenvalue weighted by Crippen LogP contribution is -2.57. The zero-order valence-corrected chi connectivity index (χ0v) is 20.8. The summed E-state index contributed by atoms with van der Waals surface area (Å²) in [7, 11) is -5.20. The molecule has 3 atom stereocenters. The van der Waals surface area contributed by atoms with Crippen molar-refractivity contribution in [1.29, 1.82) is 4.78 Å². The highest BCUT2D eigenvalue weighted by molar-refractivity contribution is 7.91. The number of alkyl halides is 3. The number of hydrogen-bond donors (Lipinski definition) is 3. The number of amides is 1. The fourth-order valence-electron chi connectivity index (χ4n) is 5.08. The molecule has 1 amide bonds. The van der Waals surface area contributed by atoms with Gasteiger partial charge in [0.1, 0.15) is 11.4 Å². The molecule has 2 fully saturated rings. The standard InChI is InChI=1S/C25H29F4N3O3S/c1-15-11-16(2)13-18(12-15)19-6-3-5-17(22(19)26)14-21-20(31-36(30,35)25(27,28)29)7-10-32(21)23(33)24(34)8-4-9-24/h3,5-6,11-13,20-21,34H,4,7-10,14H2,1-2H3,(H2,30,31,35)/t20-,21-,36?/m0/s1. The van der Waals surface area contributed by atoms with E-state index in [9.17, 15) is 27.3 Å². The van der Waals surface area contributed by atoms with Gasteiger partial charge >= 0.3 is 5.51 Å². The molecule has 2 aliphatic rings. The molecule has 4 rings (SSSR count). The first-order chi connectivity index (χ1) is 16.7. The molecule has 1 unspecified atom stereocenters. The van der Waals surface area contributed by atoms with Crippen LogP contribution in [0, 0.1) is 24.4 Å². The van der Waals surface area contributed by atoms with Gasteiger partial charge in [-0.15, -0.1) is 0 Å². The lowest BCUT2D eigenvalue weighted by atomic mass is 9.79. The number of rotatable bonds is 6. The van der Waals surface area contributed by atoms with Gasteiger partial charge in [0.25, 0.3) is 5.91 Å². The number of hydrogen-bond acceptors (Lipinski definition) is 4. The number of nitrogens with one attached hydrogen (secondary N) is 2. The number of likely N-dealkylation sites (tertiary alicyclic amines) is 1. The minimum Gasteiger partial charge on any atom is -0.380 e. The van der Waals surface area contributed by atoms with E-state index in [0.29, 0.717) is 17.5 Å². The molecule has 2 aromatic rings. The van der Waals surface area contributed by atoms with Crippen molar-refractivity contribution < 1.29 is 31.7 Å². The maximum atomic E-state index is 15.7. The van der Waals surface area contributed by atoms with Crippen LogP contribution in [0.3, 0.4) is 0 Å². The Labute approximate surface area is 207 Å². The molecule has 1 aliphatic carbocycles. The maximum Gasteiger partial charge on any atom is 0.492 e. The van der Waals surface area contributed by atoms with Crippen molar-refractivity contribution in [3.63, 3.8) is 0 Å². The van der Waals surface area contributed by atoms with Crippen LogP contribution in [0.4, 0.5) is 17.6 Å². The summed E-state index contributed by atoms with van der Waals surface area (Å²) in [5.74, 6) is -1.19. The molecule has 3 N–H and O–H groups in total. The number of aryl methyl sites for hydroxylation is 2. The minimum absolute atomic E-state index is 0.00472. The molecular formula is C25H29F4N3O3S. The summed E-state index contributed by atoms with van der Waals surface area (Å²) < 4.78 is 76.7. The van der Waals surface area contributed by atoms with Gasteiger partial charge < -0.3 is 10.0 Å². The summed E-state index contributed by atoms with van der Waals surface area (Å²) in [5, 5.41) is 10.6. The Morgan fingerprint density at radius 1 is 1.22 bits per heavy atom. The maximum absolute atomic E-state index is 15.7. The summed E-state index contributed by atoms with van der Waals surface area (Å²) in [6.07, 6.45) is 0.931. The Balaban J connectivity index is 1.69. The lowest BCUT2D eigenvalue weighted by molar-refractivity contribution is -0.161. The van der Waals surface area contributed by atoms with Gasteiger partial charge in [0.15, 0.2) is 0 Å². The van der Waals surface area contributed by atoms with Crippen LogP contribution in [0.5, 0.6) is 0 Å². The van der Waals surface area contributed by atoms with Crippen molar-refractivity contribution >= 4 is 15.8 Å². The zero-order valence-electron chi connectivity index (χ0n) is 20.0. The monoisotopic (exact) mass is 527 g/mol. The minimum atomic E-state index is -5.31. The molecule has 11 heteroatoms. The first-order valence-electron chi connectivity index (χ1n) is 11.7. The van der Waals surface area contributed by atoms with Crippen molar-refractivity contribution in [3.8, 4) is 11.1 Å². The highest BCUT2D eigenvalue weighted by Crippen LogP contribution is 2.37. The predicted molar refractivity (Wildman–Crippen MR) is 128 cm³/mol. The van der Waals surface area contributed by atoms with E-state index in [4.69, 9.17) is 4.78 Å². The van der Waals surface area contributed by atoms with E-state index in [1.165, 1.54) is 11.0 Å². The molecule has 0 aromatic heterocycles. The SMILES string of the molecule is Cc1cc(C)cc(-c2cccc(C[C@H]3[C@@H](NS(=N)(=O)C(F)(F)F)CCN3C(=O)C3(O)CCC3)c2F)c1. The fraction of sp³-hybridized carbons (Fsp3) is 0.480. The average molecular weight is 528 g/mol. The van der Waals surface area contributed by atoms with Crippen LogP contribution in [-0.2, 0) is 21.1 Å². The van der Waals surface area contributed by atoms with Gasteiger partial charge in [-0.05, 0) is 57.1 Å². The smallest absolute Gasteiger partial charge is 0.380 e. The van der Waals surface area contributed by atoms with Gasteiger partial charge in [0, 0.05) is 18.2 Å². The zero-order chi connectivity index (χ0) is 26.5. The second-order valence-electron chi connectivity index (χ2n) is 9.83. The summed E-state index contributed by atoms with van der Waals surface area (Å²) in [5.41, 5.74) is -3.88. The van der Waals surface area contributed by atoms with Crippen molar-refractivity contribution in [3.05, 3.63) is 58.9 Å². The topological polar surface area (TPSA) is 93.5 Å². The van der Waals surface area contributed by atoms with E-state index in [0.717, 1.165) is 11.1 Å². The van der Waals surface area contributed by atoms with Crippen LogP contribution in [0.25, 0.3) is 11.1 Å². The predicted octanol–water partition coefficient (Wildman–Crippen LogP) is 4.61. The quantitative estimate of drug-likeness (QED) is 0.479. The Kier molecular flexibility index (Phi) is 6.95. The van der Waals surface area contributed by atoms with Crippen LogP contribution in [0.15, 0.2) is 36.4 Å². The second-order valence-corrected chi connectivity index (χ2v) is 11.6. The largest absolute Gasteiger partial charge is 0.492 e. The van der Waals surface area contributed by atoms with Gasteiger partial charge in [-0.1, -0.05) is 47.5 Å². The van der Waals surface area contributed by atoms with Crippen LogP contribution < -0.4 is 4.72 Å². The molecule has 196 valence electrons. The Morgan fingerprint density at radius 2 is 1.86 bits per heavy atom. The molecule has 1 heterocycles. The Morgan fingerprint density at radius 3 is 2.42 bits per heavy atom. The number of aliphatic hydroxyl groups is 1. The molecule has 2 aromatic carbocycles.